The van der Waals surface area contributed by atoms with Crippen molar-refractivity contribution in [3.63, 3.8) is 0 Å². The lowest BCUT2D eigenvalue weighted by Gasteiger charge is -2.36. The van der Waals surface area contributed by atoms with Crippen molar-refractivity contribution < 1.29 is 24.2 Å². The number of aryl methyl sites for hydroxylation is 1. The zero-order chi connectivity index (χ0) is 34.1. The van der Waals surface area contributed by atoms with Gasteiger partial charge < -0.3 is 28.9 Å². The largest absolute Gasteiger partial charge is 0.485 e. The first-order valence-electron chi connectivity index (χ1n) is 16.3. The Morgan fingerprint density at radius 1 is 1.02 bits per heavy atom. The lowest BCUT2D eigenvalue weighted by molar-refractivity contribution is -0.137. The van der Waals surface area contributed by atoms with Crippen molar-refractivity contribution in [2.75, 3.05) is 37.7 Å². The summed E-state index contributed by atoms with van der Waals surface area (Å²) in [7, 11) is 0. The number of rotatable bonds is 9. The monoisotopic (exact) mass is 664 g/mol. The second-order valence-electron chi connectivity index (χ2n) is 12.1. The number of hydrogen-bond donors (Lipinski definition) is 1. The molecular formula is C35H36N8O6. The minimum atomic E-state index is -1.06. The van der Waals surface area contributed by atoms with Crippen LogP contribution in [0.3, 0.4) is 0 Å². The molecule has 0 atom stereocenters. The highest BCUT2D eigenvalue weighted by atomic mass is 16.5. The van der Waals surface area contributed by atoms with Gasteiger partial charge in [0.1, 0.15) is 25.2 Å². The summed E-state index contributed by atoms with van der Waals surface area (Å²) in [5.74, 6) is -0.514. The molecule has 1 fully saturated rings. The van der Waals surface area contributed by atoms with Crippen LogP contribution in [0.4, 0.5) is 5.69 Å². The number of nitrogens with zero attached hydrogens (tertiary/aromatic N) is 8. The van der Waals surface area contributed by atoms with E-state index in [1.807, 2.05) is 60.4 Å². The highest BCUT2D eigenvalue weighted by Gasteiger charge is 2.31. The van der Waals surface area contributed by atoms with Crippen LogP contribution in [-0.4, -0.2) is 83.8 Å². The van der Waals surface area contributed by atoms with Crippen LogP contribution in [0.2, 0.25) is 0 Å². The van der Waals surface area contributed by atoms with E-state index in [9.17, 15) is 19.5 Å². The molecule has 2 aromatic carbocycles. The van der Waals surface area contributed by atoms with Crippen molar-refractivity contribution >= 4 is 23.3 Å². The average Bonchev–Trinajstić information content (AvgIpc) is 3.58. The summed E-state index contributed by atoms with van der Waals surface area (Å²) in [4.78, 5) is 56.8. The van der Waals surface area contributed by atoms with E-state index >= 15 is 0 Å². The maximum Gasteiger partial charge on any atom is 0.323 e. The molecule has 5 aromatic rings. The molecule has 0 unspecified atom stereocenters. The van der Waals surface area contributed by atoms with Gasteiger partial charge in [-0.2, -0.15) is 9.50 Å². The molecule has 2 aliphatic heterocycles. The zero-order valence-electron chi connectivity index (χ0n) is 27.3. The van der Waals surface area contributed by atoms with Gasteiger partial charge in [-0.25, -0.2) is 9.97 Å². The van der Waals surface area contributed by atoms with Crippen LogP contribution in [0.25, 0.3) is 17.2 Å². The molecule has 0 radical (unpaired) electrons. The summed E-state index contributed by atoms with van der Waals surface area (Å²) < 4.78 is 14.4. The Hall–Kier alpha value is -5.63. The van der Waals surface area contributed by atoms with Gasteiger partial charge in [0.2, 0.25) is 5.78 Å². The average molecular weight is 665 g/mol. The van der Waals surface area contributed by atoms with Crippen LogP contribution >= 0.6 is 0 Å². The normalized spacial score (nSPS) is 14.6. The van der Waals surface area contributed by atoms with Gasteiger partial charge >= 0.3 is 5.97 Å². The molecule has 2 aliphatic rings. The molecule has 1 saturated heterocycles. The van der Waals surface area contributed by atoms with Crippen LogP contribution < -0.4 is 15.2 Å². The van der Waals surface area contributed by atoms with E-state index < -0.39 is 12.5 Å². The summed E-state index contributed by atoms with van der Waals surface area (Å²) in [6.07, 6.45) is 2.50. The molecule has 0 saturated carbocycles. The summed E-state index contributed by atoms with van der Waals surface area (Å²) in [6.45, 7) is 5.99. The highest BCUT2D eigenvalue weighted by Crippen LogP contribution is 2.27. The molecule has 14 heteroatoms. The van der Waals surface area contributed by atoms with Crippen LogP contribution in [-0.2, 0) is 42.1 Å². The number of benzene rings is 2. The molecule has 5 heterocycles. The van der Waals surface area contributed by atoms with Crippen molar-refractivity contribution in [3.05, 3.63) is 99.0 Å². The number of amides is 1. The molecule has 0 aliphatic carbocycles. The van der Waals surface area contributed by atoms with E-state index in [0.29, 0.717) is 74.5 Å². The van der Waals surface area contributed by atoms with Crippen LogP contribution in [0.1, 0.15) is 45.5 Å². The lowest BCUT2D eigenvalue weighted by Crippen LogP contribution is -2.51. The molecule has 1 amide bonds. The van der Waals surface area contributed by atoms with Gasteiger partial charge in [0.15, 0.2) is 17.3 Å². The third-order valence-electron chi connectivity index (χ3n) is 8.99. The number of carbonyl (C=O) groups is 2. The van der Waals surface area contributed by atoms with E-state index in [-0.39, 0.29) is 29.5 Å². The van der Waals surface area contributed by atoms with Crippen molar-refractivity contribution in [3.8, 4) is 17.1 Å². The Bertz CT molecular complexity index is 2100. The fourth-order valence-corrected chi connectivity index (χ4v) is 6.49. The number of aromatic nitrogens is 6. The molecule has 14 nitrogen and oxygen atoms in total. The highest BCUT2D eigenvalue weighted by molar-refractivity contribution is 5.95. The minimum absolute atomic E-state index is 0.167. The van der Waals surface area contributed by atoms with E-state index in [4.69, 9.17) is 9.47 Å². The number of aliphatic carboxylic acids is 1. The van der Waals surface area contributed by atoms with Gasteiger partial charge in [-0.1, -0.05) is 49.4 Å². The van der Waals surface area contributed by atoms with E-state index in [2.05, 4.69) is 20.1 Å². The molecule has 3 aromatic heterocycles. The Kier molecular flexibility index (Phi) is 8.78. The second-order valence-corrected chi connectivity index (χ2v) is 12.1. The predicted molar refractivity (Wildman–Crippen MR) is 179 cm³/mol. The topological polar surface area (TPSA) is 157 Å². The van der Waals surface area contributed by atoms with Crippen LogP contribution in [0, 0.1) is 6.92 Å². The number of carboxylic acids is 1. The maximum atomic E-state index is 14.2. The Balaban J connectivity index is 1.17. The lowest BCUT2D eigenvalue weighted by atomic mass is 10.0. The second kappa shape index (κ2) is 13.5. The maximum absolute atomic E-state index is 14.2. The third-order valence-corrected chi connectivity index (χ3v) is 8.99. The molecule has 252 valence electrons. The van der Waals surface area contributed by atoms with E-state index in [0.717, 1.165) is 28.7 Å². The predicted octanol–water partition coefficient (Wildman–Crippen LogP) is 2.92. The van der Waals surface area contributed by atoms with Gasteiger partial charge in [0, 0.05) is 31.7 Å². The van der Waals surface area contributed by atoms with E-state index in [1.165, 1.54) is 10.8 Å². The van der Waals surface area contributed by atoms with Gasteiger partial charge in [-0.15, -0.1) is 5.10 Å². The Labute approximate surface area is 281 Å². The number of hydrogen-bond acceptors (Lipinski definition) is 10. The van der Waals surface area contributed by atoms with Gasteiger partial charge in [-0.05, 0) is 42.5 Å². The number of anilines is 1. The van der Waals surface area contributed by atoms with Crippen molar-refractivity contribution in [2.45, 2.75) is 46.4 Å². The SMILES string of the molecule is CCc1c(N2CCN(C(=O)c3ncnc(C)c3OCc3ccccc3)CC2)c(=O)n2nc(-c3ccc4c(c3)CCOC4)nc2n1CC(=O)O. The first-order valence-corrected chi connectivity index (χ1v) is 16.3. The van der Waals surface area contributed by atoms with Crippen molar-refractivity contribution in [1.29, 1.82) is 0 Å². The number of carbonyl (C=O) groups excluding carboxylic acids is 1. The fourth-order valence-electron chi connectivity index (χ4n) is 6.49. The first-order chi connectivity index (χ1) is 23.8. The number of fused-ring (bicyclic) bond motifs is 2. The summed E-state index contributed by atoms with van der Waals surface area (Å²) in [6, 6.07) is 15.5. The van der Waals surface area contributed by atoms with Crippen LogP contribution in [0.5, 0.6) is 5.75 Å². The quantitative estimate of drug-likeness (QED) is 0.247. The minimum Gasteiger partial charge on any atom is -0.485 e. The van der Waals surface area contributed by atoms with Gasteiger partial charge in [-0.3, -0.25) is 14.4 Å². The smallest absolute Gasteiger partial charge is 0.323 e. The molecule has 0 bridgehead atoms. The summed E-state index contributed by atoms with van der Waals surface area (Å²) in [5.41, 5.74) is 5.18. The third kappa shape index (κ3) is 6.22. The van der Waals surface area contributed by atoms with E-state index in [1.54, 1.807) is 16.4 Å². The zero-order valence-corrected chi connectivity index (χ0v) is 27.3. The Morgan fingerprint density at radius 2 is 1.82 bits per heavy atom. The van der Waals surface area contributed by atoms with Crippen molar-refractivity contribution in [2.24, 2.45) is 0 Å². The molecule has 7 rings (SSSR count). The molecule has 49 heavy (non-hydrogen) atoms. The number of ether oxygens (including phenoxy) is 2. The first kappa shape index (κ1) is 31.9. The van der Waals surface area contributed by atoms with Gasteiger partial charge in [0.25, 0.3) is 11.5 Å². The molecule has 1 N–H and O–H groups in total. The van der Waals surface area contributed by atoms with Crippen LogP contribution in [0.15, 0.2) is 59.7 Å². The summed E-state index contributed by atoms with van der Waals surface area (Å²) in [5, 5.41) is 14.5. The Morgan fingerprint density at radius 3 is 2.57 bits per heavy atom. The molecule has 0 spiro atoms. The fraction of sp³-hybridized carbons (Fsp3) is 0.343. The standard InChI is InChI=1S/C35H36N8O6/c1-3-27-30(34(47)43-35(42(27)18-28(44)45)38-32(39-43)25-9-10-26-20-48-16-11-24(26)17-25)40-12-14-41(15-13-40)33(46)29-31(22(2)36-21-37-29)49-19-23-7-5-4-6-8-23/h4-10,17,21H,3,11-16,18-20H2,1-2H3,(H,44,45). The number of carboxylic acid groups (broad SMARTS) is 1. The number of piperazine rings is 1. The summed E-state index contributed by atoms with van der Waals surface area (Å²) >= 11 is 0. The van der Waals surface area contributed by atoms with Crippen molar-refractivity contribution in [1.82, 2.24) is 34.0 Å². The molecular weight excluding hydrogens is 628 g/mol. The van der Waals surface area contributed by atoms with Gasteiger partial charge in [0.05, 0.1) is 24.6 Å².